The number of carboxylic acid groups (broad SMARTS) is 1. The highest BCUT2D eigenvalue weighted by Gasteiger charge is 2.45. The molecule has 0 radical (unpaired) electrons. The number of nitrogens with one attached hydrogen (secondary N) is 1. The highest BCUT2D eigenvalue weighted by atomic mass is 17.1. The average molecular weight is 253 g/mol. The SMILES string of the molecule is CC(NC(=O)c1ccccc1)(C(=O)O)C(=O)OO. The van der Waals surface area contributed by atoms with Gasteiger partial charge in [0.2, 0.25) is 5.54 Å². The molecule has 1 unspecified atom stereocenters. The summed E-state index contributed by atoms with van der Waals surface area (Å²) in [6.07, 6.45) is 0. The zero-order valence-electron chi connectivity index (χ0n) is 9.41. The predicted octanol–water partition coefficient (Wildman–Crippen LogP) is 0.276. The Morgan fingerprint density at radius 2 is 1.78 bits per heavy atom. The first-order valence-corrected chi connectivity index (χ1v) is 4.88. The molecule has 7 nitrogen and oxygen atoms in total. The van der Waals surface area contributed by atoms with Gasteiger partial charge in [0, 0.05) is 5.56 Å². The Morgan fingerprint density at radius 1 is 1.22 bits per heavy atom. The Morgan fingerprint density at radius 3 is 2.22 bits per heavy atom. The molecule has 3 N–H and O–H groups in total. The van der Waals surface area contributed by atoms with Crippen molar-refractivity contribution in [2.45, 2.75) is 12.5 Å². The molecule has 0 aliphatic heterocycles. The van der Waals surface area contributed by atoms with Gasteiger partial charge in [0.25, 0.3) is 5.91 Å². The molecule has 0 aliphatic carbocycles. The van der Waals surface area contributed by atoms with Crippen molar-refractivity contribution in [1.82, 2.24) is 5.32 Å². The van der Waals surface area contributed by atoms with Gasteiger partial charge in [0.1, 0.15) is 0 Å². The predicted molar refractivity (Wildman–Crippen MR) is 58.7 cm³/mol. The maximum Gasteiger partial charge on any atom is 0.378 e. The standard InChI is InChI=1S/C11H11NO6/c1-11(9(14)15,10(16)18-17)12-8(13)7-5-3-2-4-6-7/h2-6,17H,1H3,(H,12,13)(H,14,15). The second-order valence-corrected chi connectivity index (χ2v) is 3.63. The number of carboxylic acids is 1. The third-order valence-electron chi connectivity index (χ3n) is 2.32. The lowest BCUT2D eigenvalue weighted by Crippen LogP contribution is -2.58. The molecule has 1 atom stereocenters. The van der Waals surface area contributed by atoms with Gasteiger partial charge in [0.15, 0.2) is 0 Å². The Hall–Kier alpha value is -2.41. The molecule has 0 spiro atoms. The van der Waals surface area contributed by atoms with Crippen LogP contribution >= 0.6 is 0 Å². The lowest BCUT2D eigenvalue weighted by atomic mass is 10.0. The largest absolute Gasteiger partial charge is 0.479 e. The molecule has 96 valence electrons. The highest BCUT2D eigenvalue weighted by molar-refractivity contribution is 6.08. The monoisotopic (exact) mass is 253 g/mol. The van der Waals surface area contributed by atoms with E-state index in [2.05, 4.69) is 4.89 Å². The van der Waals surface area contributed by atoms with Crippen LogP contribution in [0.2, 0.25) is 0 Å². The minimum atomic E-state index is -2.36. The van der Waals surface area contributed by atoms with Gasteiger partial charge in [-0.15, -0.1) is 0 Å². The van der Waals surface area contributed by atoms with Gasteiger partial charge in [-0.05, 0) is 19.1 Å². The Kier molecular flexibility index (Phi) is 4.01. The van der Waals surface area contributed by atoms with Crippen LogP contribution in [0.1, 0.15) is 17.3 Å². The van der Waals surface area contributed by atoms with Gasteiger partial charge in [-0.25, -0.2) is 9.59 Å². The Balaban J connectivity index is 2.96. The molecule has 0 aliphatic rings. The van der Waals surface area contributed by atoms with Crippen molar-refractivity contribution in [3.63, 3.8) is 0 Å². The number of rotatable bonds is 4. The number of aliphatic carboxylic acids is 1. The summed E-state index contributed by atoms with van der Waals surface area (Å²) in [4.78, 5) is 37.2. The fourth-order valence-electron chi connectivity index (χ4n) is 1.17. The minimum absolute atomic E-state index is 0.177. The maximum atomic E-state index is 11.7. The number of carbonyl (C=O) groups excluding carboxylic acids is 2. The van der Waals surface area contributed by atoms with Crippen molar-refractivity contribution in [1.29, 1.82) is 0 Å². The van der Waals surface area contributed by atoms with E-state index in [-0.39, 0.29) is 5.56 Å². The van der Waals surface area contributed by atoms with E-state index in [0.717, 1.165) is 6.92 Å². The summed E-state index contributed by atoms with van der Waals surface area (Å²) >= 11 is 0. The Labute approximate surface area is 102 Å². The smallest absolute Gasteiger partial charge is 0.378 e. The molecule has 0 saturated carbocycles. The molecular weight excluding hydrogens is 242 g/mol. The zero-order chi connectivity index (χ0) is 13.8. The van der Waals surface area contributed by atoms with E-state index in [1.54, 1.807) is 18.2 Å². The van der Waals surface area contributed by atoms with Crippen molar-refractivity contribution in [2.24, 2.45) is 0 Å². The number of amides is 1. The summed E-state index contributed by atoms with van der Waals surface area (Å²) in [5.74, 6) is -3.91. The van der Waals surface area contributed by atoms with Gasteiger partial charge < -0.3 is 10.4 Å². The van der Waals surface area contributed by atoms with Crippen LogP contribution in [-0.2, 0) is 14.5 Å². The average Bonchev–Trinajstić information content (AvgIpc) is 2.38. The summed E-state index contributed by atoms with van der Waals surface area (Å²) in [7, 11) is 0. The molecule has 0 fully saturated rings. The number of carbonyl (C=O) groups is 3. The molecule has 0 saturated heterocycles. The van der Waals surface area contributed by atoms with Crippen LogP contribution in [0.3, 0.4) is 0 Å². The quantitative estimate of drug-likeness (QED) is 0.403. The first kappa shape index (κ1) is 13.7. The summed E-state index contributed by atoms with van der Waals surface area (Å²) in [5, 5.41) is 19.1. The van der Waals surface area contributed by atoms with Crippen molar-refractivity contribution >= 4 is 17.8 Å². The van der Waals surface area contributed by atoms with Crippen LogP contribution in [0.5, 0.6) is 0 Å². The first-order valence-electron chi connectivity index (χ1n) is 4.88. The van der Waals surface area contributed by atoms with Crippen molar-refractivity contribution in [2.75, 3.05) is 0 Å². The third kappa shape index (κ3) is 2.64. The van der Waals surface area contributed by atoms with E-state index in [9.17, 15) is 14.4 Å². The molecule has 1 aromatic rings. The molecule has 1 aromatic carbocycles. The van der Waals surface area contributed by atoms with Crippen LogP contribution in [0, 0.1) is 0 Å². The van der Waals surface area contributed by atoms with E-state index in [1.807, 2.05) is 5.32 Å². The van der Waals surface area contributed by atoms with Crippen molar-refractivity contribution in [3.8, 4) is 0 Å². The number of hydrogen-bond acceptors (Lipinski definition) is 5. The van der Waals surface area contributed by atoms with Crippen LogP contribution in [-0.4, -0.2) is 33.7 Å². The van der Waals surface area contributed by atoms with E-state index in [0.29, 0.717) is 0 Å². The molecule has 0 aromatic heterocycles. The fourth-order valence-corrected chi connectivity index (χ4v) is 1.17. The summed E-state index contributed by atoms with van der Waals surface area (Å²) in [6.45, 7) is 0.911. The number of benzene rings is 1. The van der Waals surface area contributed by atoms with Gasteiger partial charge in [-0.2, -0.15) is 5.26 Å². The Bertz CT molecular complexity index is 472. The molecule has 0 heterocycles. The van der Waals surface area contributed by atoms with E-state index >= 15 is 0 Å². The second-order valence-electron chi connectivity index (χ2n) is 3.63. The van der Waals surface area contributed by atoms with E-state index < -0.39 is 23.4 Å². The molecule has 18 heavy (non-hydrogen) atoms. The molecule has 7 heteroatoms. The molecule has 1 rings (SSSR count). The van der Waals surface area contributed by atoms with Gasteiger partial charge in [-0.1, -0.05) is 18.2 Å². The van der Waals surface area contributed by atoms with Gasteiger partial charge in [0.05, 0.1) is 0 Å². The zero-order valence-corrected chi connectivity index (χ0v) is 9.41. The van der Waals surface area contributed by atoms with Gasteiger partial charge >= 0.3 is 11.9 Å². The third-order valence-corrected chi connectivity index (χ3v) is 2.32. The van der Waals surface area contributed by atoms with Crippen molar-refractivity contribution in [3.05, 3.63) is 35.9 Å². The van der Waals surface area contributed by atoms with E-state index in [4.69, 9.17) is 10.4 Å². The van der Waals surface area contributed by atoms with Crippen LogP contribution in [0.25, 0.3) is 0 Å². The van der Waals surface area contributed by atoms with Crippen molar-refractivity contribution < 1.29 is 29.6 Å². The minimum Gasteiger partial charge on any atom is -0.479 e. The van der Waals surface area contributed by atoms with Gasteiger partial charge in [-0.3, -0.25) is 9.68 Å². The molecule has 1 amide bonds. The highest BCUT2D eigenvalue weighted by Crippen LogP contribution is 2.09. The lowest BCUT2D eigenvalue weighted by molar-refractivity contribution is -0.241. The van der Waals surface area contributed by atoms with Crippen LogP contribution in [0.4, 0.5) is 0 Å². The topological polar surface area (TPSA) is 113 Å². The van der Waals surface area contributed by atoms with Crippen LogP contribution in [0.15, 0.2) is 30.3 Å². The first-order chi connectivity index (χ1) is 8.41. The summed E-state index contributed by atoms with van der Waals surface area (Å²) in [6, 6.07) is 7.73. The summed E-state index contributed by atoms with van der Waals surface area (Å²) in [5.41, 5.74) is -2.18. The van der Waals surface area contributed by atoms with Crippen LogP contribution < -0.4 is 5.32 Å². The second kappa shape index (κ2) is 5.28. The normalized spacial score (nSPS) is 13.2. The fraction of sp³-hybridized carbons (Fsp3) is 0.182. The number of hydrogen-bond donors (Lipinski definition) is 3. The van der Waals surface area contributed by atoms with E-state index in [1.165, 1.54) is 12.1 Å². The summed E-state index contributed by atoms with van der Waals surface area (Å²) < 4.78 is 0. The maximum absolute atomic E-state index is 11.7. The lowest BCUT2D eigenvalue weighted by Gasteiger charge is -2.21. The molecular formula is C11H11NO6. The molecule has 0 bridgehead atoms.